The van der Waals surface area contributed by atoms with Crippen LogP contribution in [0.2, 0.25) is 0 Å². The van der Waals surface area contributed by atoms with Crippen LogP contribution in [-0.4, -0.2) is 73.2 Å². The number of nitrogens with one attached hydrogen (secondary N) is 2. The van der Waals surface area contributed by atoms with Crippen molar-refractivity contribution in [2.75, 3.05) is 49.1 Å². The predicted molar refractivity (Wildman–Crippen MR) is 180 cm³/mol. The van der Waals surface area contributed by atoms with Crippen LogP contribution in [0.15, 0.2) is 48.5 Å². The molecule has 0 aliphatic heterocycles. The zero-order chi connectivity index (χ0) is 33.3. The molecule has 0 aliphatic rings. The SMILES string of the molecule is CNCC#Cc1ccc(OCCCc2sc(N(C[I-]N(C)C)c3cc(C)c(Nc4nc5ccccc5s4)nn3)nc2C(=O)O)c(F)c1. The molecule has 5 rings (SSSR count). The second kappa shape index (κ2) is 16.2. The summed E-state index contributed by atoms with van der Waals surface area (Å²) in [5, 5.41) is 26.4. The Bertz CT molecular complexity index is 1890. The number of fused-ring (bicyclic) bond motifs is 1. The molecule has 0 saturated carbocycles. The number of carboxylic acids is 1. The third-order valence-electron chi connectivity index (χ3n) is 6.53. The van der Waals surface area contributed by atoms with Crippen LogP contribution in [0.1, 0.15) is 32.9 Å². The summed E-state index contributed by atoms with van der Waals surface area (Å²) in [6.45, 7) is 2.66. The van der Waals surface area contributed by atoms with Gasteiger partial charge in [0, 0.05) is 5.56 Å². The Labute approximate surface area is 290 Å². The predicted octanol–water partition coefficient (Wildman–Crippen LogP) is 2.68. The van der Waals surface area contributed by atoms with E-state index in [1.54, 1.807) is 19.2 Å². The van der Waals surface area contributed by atoms with Crippen molar-refractivity contribution in [3.63, 3.8) is 0 Å². The first-order valence-corrected chi connectivity index (χ1v) is 18.6. The van der Waals surface area contributed by atoms with Gasteiger partial charge in [-0.25, -0.2) is 0 Å². The van der Waals surface area contributed by atoms with E-state index in [-0.39, 0.29) is 18.1 Å². The van der Waals surface area contributed by atoms with E-state index < -0.39 is 33.3 Å². The number of carbonyl (C=O) groups is 1. The maximum absolute atomic E-state index is 14.6. The Hall–Kier alpha value is -3.95. The summed E-state index contributed by atoms with van der Waals surface area (Å²) in [5.74, 6) is 5.48. The van der Waals surface area contributed by atoms with Crippen molar-refractivity contribution in [3.05, 3.63) is 76.0 Å². The van der Waals surface area contributed by atoms with Crippen molar-refractivity contribution in [2.45, 2.75) is 19.8 Å². The van der Waals surface area contributed by atoms with Crippen LogP contribution in [-0.2, 0) is 6.42 Å². The monoisotopic (exact) mass is 787 g/mol. The van der Waals surface area contributed by atoms with Gasteiger partial charge >= 0.3 is 256 Å². The van der Waals surface area contributed by atoms with Gasteiger partial charge in [-0.2, -0.15) is 0 Å². The molecule has 0 aliphatic carbocycles. The second-order valence-electron chi connectivity index (χ2n) is 10.3. The van der Waals surface area contributed by atoms with Gasteiger partial charge in [0.15, 0.2) is 0 Å². The van der Waals surface area contributed by atoms with E-state index in [1.165, 1.54) is 28.7 Å². The molecule has 246 valence electrons. The van der Waals surface area contributed by atoms with Crippen molar-refractivity contribution in [1.29, 1.82) is 0 Å². The van der Waals surface area contributed by atoms with E-state index in [4.69, 9.17) is 4.74 Å². The molecule has 0 saturated heterocycles. The number of aromatic nitrogens is 4. The first-order chi connectivity index (χ1) is 22.7. The summed E-state index contributed by atoms with van der Waals surface area (Å²) in [6, 6.07) is 14.4. The van der Waals surface area contributed by atoms with Crippen molar-refractivity contribution >= 4 is 60.8 Å². The summed E-state index contributed by atoms with van der Waals surface area (Å²) < 4.78 is 24.1. The molecule has 11 nitrogen and oxygen atoms in total. The summed E-state index contributed by atoms with van der Waals surface area (Å²) in [5.41, 5.74) is 2.33. The molecular weight excluding hydrogens is 754 g/mol. The van der Waals surface area contributed by atoms with E-state index in [0.717, 1.165) is 20.9 Å². The fourth-order valence-electron chi connectivity index (χ4n) is 4.26. The second-order valence-corrected chi connectivity index (χ2v) is 15.7. The van der Waals surface area contributed by atoms with E-state index in [2.05, 4.69) is 45.8 Å². The van der Waals surface area contributed by atoms with Gasteiger partial charge in [-0.3, -0.25) is 0 Å². The number of rotatable bonds is 14. The molecule has 47 heavy (non-hydrogen) atoms. The molecule has 5 aromatic rings. The number of halogens is 2. The number of hydrogen-bond donors (Lipinski definition) is 3. The number of ether oxygens (including phenoxy) is 1. The Morgan fingerprint density at radius 2 is 1.96 bits per heavy atom. The zero-order valence-corrected chi connectivity index (χ0v) is 30.0. The van der Waals surface area contributed by atoms with Gasteiger partial charge < -0.3 is 5.32 Å². The van der Waals surface area contributed by atoms with Gasteiger partial charge in [0.25, 0.3) is 0 Å². The Morgan fingerprint density at radius 3 is 2.68 bits per heavy atom. The van der Waals surface area contributed by atoms with Crippen LogP contribution in [0.5, 0.6) is 5.75 Å². The number of para-hydroxylation sites is 1. The number of alkyl halides is 1. The molecule has 0 radical (unpaired) electrons. The minimum absolute atomic E-state index is 0.00691. The number of benzene rings is 2. The van der Waals surface area contributed by atoms with Crippen LogP contribution < -0.4 is 41.7 Å². The topological polar surface area (TPSA) is 129 Å². The number of aryl methyl sites for hydroxylation is 2. The van der Waals surface area contributed by atoms with E-state index in [1.807, 2.05) is 56.3 Å². The molecule has 0 amide bonds. The molecule has 3 N–H and O–H groups in total. The van der Waals surface area contributed by atoms with Gasteiger partial charge in [0.1, 0.15) is 0 Å². The average Bonchev–Trinajstić information content (AvgIpc) is 3.65. The Morgan fingerprint density at radius 1 is 1.13 bits per heavy atom. The third-order valence-corrected chi connectivity index (χ3v) is 11.0. The Kier molecular flexibility index (Phi) is 11.9. The first kappa shape index (κ1) is 34.4. The quantitative estimate of drug-likeness (QED) is 0.0384. The number of nitrogens with zero attached hydrogens (tertiary/aromatic N) is 6. The van der Waals surface area contributed by atoms with Crippen molar-refractivity contribution in [3.8, 4) is 17.6 Å². The summed E-state index contributed by atoms with van der Waals surface area (Å²) in [7, 11) is 5.81. The maximum atomic E-state index is 14.6. The van der Waals surface area contributed by atoms with Crippen LogP contribution in [0, 0.1) is 24.6 Å². The molecular formula is C32H33FIN8O3S2-. The van der Waals surface area contributed by atoms with Crippen molar-refractivity contribution < 1.29 is 40.5 Å². The van der Waals surface area contributed by atoms with E-state index in [0.29, 0.717) is 51.1 Å². The molecule has 0 unspecified atom stereocenters. The van der Waals surface area contributed by atoms with Crippen LogP contribution in [0.3, 0.4) is 0 Å². The Balaban J connectivity index is 1.30. The summed E-state index contributed by atoms with van der Waals surface area (Å²) in [6.07, 6.45) is 0.877. The van der Waals surface area contributed by atoms with Gasteiger partial charge in [-0.1, -0.05) is 11.8 Å². The summed E-state index contributed by atoms with van der Waals surface area (Å²) in [4.78, 5) is 23.9. The van der Waals surface area contributed by atoms with Crippen molar-refractivity contribution in [1.82, 2.24) is 28.6 Å². The average molecular weight is 788 g/mol. The normalized spacial score (nSPS) is 11.1. The first-order valence-electron chi connectivity index (χ1n) is 14.5. The van der Waals surface area contributed by atoms with Crippen molar-refractivity contribution in [2.24, 2.45) is 0 Å². The molecule has 3 aromatic heterocycles. The molecule has 0 spiro atoms. The number of thiazole rings is 2. The standard InChI is InChI=1S/C32H33FIN8O3S2/c1-20-17-27(39-40-29(20)38-31-36-23-10-5-6-11-25(23)46-31)42(19-34-41(3)4)32-37-28(30(43)44)26(47-32)12-8-16-45-24-14-13-21(18-22(24)33)9-7-15-35-2/h5-6,10-11,13-14,17-18,35H,8,12,15-16,19H2,1-4H3,(H,43,44)(H,36,38,40)/q-1. The minimum atomic E-state index is -1.11. The summed E-state index contributed by atoms with van der Waals surface area (Å²) >= 11 is 2.40. The number of carboxylic acid groups (broad SMARTS) is 1. The number of anilines is 4. The van der Waals surface area contributed by atoms with E-state index in [9.17, 15) is 14.3 Å². The van der Waals surface area contributed by atoms with Gasteiger partial charge in [0.2, 0.25) is 0 Å². The molecule has 3 heterocycles. The molecule has 2 aromatic carbocycles. The number of aromatic carboxylic acids is 1. The fraction of sp³-hybridized carbons (Fsp3) is 0.281. The van der Waals surface area contributed by atoms with Crippen LogP contribution in [0.25, 0.3) is 10.2 Å². The van der Waals surface area contributed by atoms with Gasteiger partial charge in [0.05, 0.1) is 6.54 Å². The third kappa shape index (κ3) is 9.11. The molecule has 0 atom stereocenters. The fourth-order valence-corrected chi connectivity index (χ4v) is 8.05. The molecule has 15 heteroatoms. The number of hydrogen-bond acceptors (Lipinski definition) is 12. The zero-order valence-electron chi connectivity index (χ0n) is 26.2. The van der Waals surface area contributed by atoms with E-state index >= 15 is 0 Å². The molecule has 0 fully saturated rings. The van der Waals surface area contributed by atoms with Gasteiger partial charge in [-0.05, 0) is 7.05 Å². The van der Waals surface area contributed by atoms with Crippen LogP contribution in [0.4, 0.5) is 26.3 Å². The molecule has 0 bridgehead atoms. The van der Waals surface area contributed by atoms with Gasteiger partial charge in [-0.15, -0.1) is 0 Å². The van der Waals surface area contributed by atoms with Crippen LogP contribution >= 0.6 is 22.7 Å².